The molecule has 0 atom stereocenters. The summed E-state index contributed by atoms with van der Waals surface area (Å²) in [6, 6.07) is 8.22. The SMILES string of the molecule is O=C(CCS(=O)(=O)c1ccccc1)N1CCC(Oc2cnccn2)CC1. The fourth-order valence-corrected chi connectivity index (χ4v) is 4.12. The first-order chi connectivity index (χ1) is 12.5. The fraction of sp³-hybridized carbons (Fsp3) is 0.389. The van der Waals surface area contributed by atoms with Gasteiger partial charge in [-0.25, -0.2) is 13.4 Å². The van der Waals surface area contributed by atoms with Crippen LogP contribution in [0.4, 0.5) is 0 Å². The Morgan fingerprint density at radius 1 is 1.15 bits per heavy atom. The summed E-state index contributed by atoms with van der Waals surface area (Å²) in [6.07, 6.45) is 6.07. The van der Waals surface area contributed by atoms with E-state index in [-0.39, 0.29) is 29.1 Å². The highest BCUT2D eigenvalue weighted by molar-refractivity contribution is 7.91. The molecule has 1 saturated heterocycles. The van der Waals surface area contributed by atoms with Crippen molar-refractivity contribution >= 4 is 15.7 Å². The zero-order valence-corrected chi connectivity index (χ0v) is 15.1. The molecule has 3 rings (SSSR count). The van der Waals surface area contributed by atoms with Crippen LogP contribution in [0.25, 0.3) is 0 Å². The number of rotatable bonds is 6. The van der Waals surface area contributed by atoms with E-state index in [2.05, 4.69) is 9.97 Å². The van der Waals surface area contributed by atoms with Gasteiger partial charge in [0.25, 0.3) is 0 Å². The summed E-state index contributed by atoms with van der Waals surface area (Å²) < 4.78 is 30.3. The molecule has 26 heavy (non-hydrogen) atoms. The van der Waals surface area contributed by atoms with Crippen LogP contribution >= 0.6 is 0 Å². The van der Waals surface area contributed by atoms with Crippen molar-refractivity contribution < 1.29 is 17.9 Å². The van der Waals surface area contributed by atoms with Crippen LogP contribution in [0.1, 0.15) is 19.3 Å². The molecule has 138 valence electrons. The van der Waals surface area contributed by atoms with E-state index >= 15 is 0 Å². The molecule has 0 spiro atoms. The number of hydrogen-bond donors (Lipinski definition) is 0. The van der Waals surface area contributed by atoms with Crippen LogP contribution in [-0.4, -0.2) is 54.1 Å². The van der Waals surface area contributed by atoms with Gasteiger partial charge in [0.15, 0.2) is 9.84 Å². The second-order valence-electron chi connectivity index (χ2n) is 6.12. The van der Waals surface area contributed by atoms with Crippen LogP contribution in [0.5, 0.6) is 5.88 Å². The number of hydrogen-bond acceptors (Lipinski definition) is 6. The third-order valence-corrected chi connectivity index (χ3v) is 6.04. The van der Waals surface area contributed by atoms with E-state index in [4.69, 9.17) is 4.74 Å². The number of sulfone groups is 1. The highest BCUT2D eigenvalue weighted by Gasteiger charge is 2.25. The molecule has 8 heteroatoms. The molecule has 2 heterocycles. The largest absolute Gasteiger partial charge is 0.473 e. The maximum absolute atomic E-state index is 12.3. The molecule has 1 aromatic heterocycles. The summed E-state index contributed by atoms with van der Waals surface area (Å²) in [5.41, 5.74) is 0. The molecule has 0 saturated carbocycles. The Balaban J connectivity index is 1.47. The summed E-state index contributed by atoms with van der Waals surface area (Å²) in [4.78, 5) is 22.3. The Bertz CT molecular complexity index is 820. The Morgan fingerprint density at radius 2 is 1.88 bits per heavy atom. The molecule has 1 fully saturated rings. The van der Waals surface area contributed by atoms with Gasteiger partial charge < -0.3 is 9.64 Å². The number of likely N-dealkylation sites (tertiary alicyclic amines) is 1. The minimum absolute atomic E-state index is 0.00703. The van der Waals surface area contributed by atoms with Crippen LogP contribution < -0.4 is 4.74 Å². The Morgan fingerprint density at radius 3 is 2.54 bits per heavy atom. The first-order valence-corrected chi connectivity index (χ1v) is 10.2. The smallest absolute Gasteiger partial charge is 0.232 e. The van der Waals surface area contributed by atoms with Crippen LogP contribution in [-0.2, 0) is 14.6 Å². The number of nitrogens with zero attached hydrogens (tertiary/aromatic N) is 3. The van der Waals surface area contributed by atoms with Crippen molar-refractivity contribution in [3.05, 3.63) is 48.9 Å². The standard InChI is InChI=1S/C18H21N3O4S/c22-18(8-13-26(23,24)16-4-2-1-3-5-16)21-11-6-15(7-12-21)25-17-14-19-9-10-20-17/h1-5,9-10,14-15H,6-8,11-13H2. The van der Waals surface area contributed by atoms with Crippen LogP contribution in [0, 0.1) is 0 Å². The number of aromatic nitrogens is 2. The first kappa shape index (κ1) is 18.3. The topological polar surface area (TPSA) is 89.5 Å². The number of carbonyl (C=O) groups excluding carboxylic acids is 1. The fourth-order valence-electron chi connectivity index (χ4n) is 2.87. The Labute approximate surface area is 153 Å². The van der Waals surface area contributed by atoms with Gasteiger partial charge in [0.2, 0.25) is 11.8 Å². The van der Waals surface area contributed by atoms with Gasteiger partial charge in [-0.15, -0.1) is 0 Å². The van der Waals surface area contributed by atoms with Gasteiger partial charge in [-0.05, 0) is 12.1 Å². The molecule has 0 N–H and O–H groups in total. The summed E-state index contributed by atoms with van der Waals surface area (Å²) >= 11 is 0. The van der Waals surface area contributed by atoms with Gasteiger partial charge >= 0.3 is 0 Å². The zero-order valence-electron chi connectivity index (χ0n) is 14.3. The van der Waals surface area contributed by atoms with Crippen molar-refractivity contribution in [2.75, 3.05) is 18.8 Å². The van der Waals surface area contributed by atoms with E-state index in [9.17, 15) is 13.2 Å². The van der Waals surface area contributed by atoms with Gasteiger partial charge in [0, 0.05) is 44.7 Å². The molecule has 1 aromatic carbocycles. The van der Waals surface area contributed by atoms with Gasteiger partial charge in [0.1, 0.15) is 6.10 Å². The van der Waals surface area contributed by atoms with E-state index < -0.39 is 9.84 Å². The lowest BCUT2D eigenvalue weighted by Crippen LogP contribution is -2.42. The molecule has 0 unspecified atom stereocenters. The summed E-state index contributed by atoms with van der Waals surface area (Å²) in [7, 11) is -3.43. The third kappa shape index (κ3) is 4.78. The summed E-state index contributed by atoms with van der Waals surface area (Å²) in [6.45, 7) is 1.10. The van der Waals surface area contributed by atoms with Crippen molar-refractivity contribution in [2.24, 2.45) is 0 Å². The average molecular weight is 375 g/mol. The molecule has 1 aliphatic heterocycles. The molecule has 1 amide bonds. The van der Waals surface area contributed by atoms with E-state index in [0.29, 0.717) is 31.8 Å². The quantitative estimate of drug-likeness (QED) is 0.764. The van der Waals surface area contributed by atoms with E-state index in [1.54, 1.807) is 53.8 Å². The molecule has 0 aliphatic carbocycles. The lowest BCUT2D eigenvalue weighted by atomic mass is 10.1. The third-order valence-electron chi connectivity index (χ3n) is 4.31. The summed E-state index contributed by atoms with van der Waals surface area (Å²) in [5.74, 6) is 0.167. The number of carbonyl (C=O) groups is 1. The molecule has 1 aliphatic rings. The lowest BCUT2D eigenvalue weighted by Gasteiger charge is -2.31. The van der Waals surface area contributed by atoms with E-state index in [1.807, 2.05) is 0 Å². The van der Waals surface area contributed by atoms with Crippen molar-refractivity contribution in [3.8, 4) is 5.88 Å². The van der Waals surface area contributed by atoms with E-state index in [0.717, 1.165) is 0 Å². The van der Waals surface area contributed by atoms with Crippen molar-refractivity contribution in [1.29, 1.82) is 0 Å². The monoisotopic (exact) mass is 375 g/mol. The van der Waals surface area contributed by atoms with Crippen molar-refractivity contribution in [1.82, 2.24) is 14.9 Å². The minimum Gasteiger partial charge on any atom is -0.473 e. The highest BCUT2D eigenvalue weighted by Crippen LogP contribution is 2.18. The lowest BCUT2D eigenvalue weighted by molar-refractivity contribution is -0.132. The van der Waals surface area contributed by atoms with Gasteiger partial charge in [-0.3, -0.25) is 9.78 Å². The first-order valence-electron chi connectivity index (χ1n) is 8.53. The highest BCUT2D eigenvalue weighted by atomic mass is 32.2. The average Bonchev–Trinajstić information content (AvgIpc) is 2.68. The molecule has 7 nitrogen and oxygen atoms in total. The summed E-state index contributed by atoms with van der Waals surface area (Å²) in [5, 5.41) is 0. The maximum Gasteiger partial charge on any atom is 0.232 e. The molecule has 2 aromatic rings. The minimum atomic E-state index is -3.43. The molecule has 0 radical (unpaired) electrons. The van der Waals surface area contributed by atoms with Crippen molar-refractivity contribution in [3.63, 3.8) is 0 Å². The van der Waals surface area contributed by atoms with Crippen LogP contribution in [0.15, 0.2) is 53.8 Å². The Hall–Kier alpha value is -2.48. The van der Waals surface area contributed by atoms with Gasteiger partial charge in [0.05, 0.1) is 16.8 Å². The second kappa shape index (κ2) is 8.27. The predicted octanol–water partition coefficient (Wildman–Crippen LogP) is 1.71. The normalized spacial score (nSPS) is 15.6. The van der Waals surface area contributed by atoms with E-state index in [1.165, 1.54) is 0 Å². The maximum atomic E-state index is 12.3. The molecular formula is C18H21N3O4S. The molecular weight excluding hydrogens is 354 g/mol. The van der Waals surface area contributed by atoms with Crippen molar-refractivity contribution in [2.45, 2.75) is 30.3 Å². The number of piperidine rings is 1. The number of amides is 1. The van der Waals surface area contributed by atoms with Crippen LogP contribution in [0.2, 0.25) is 0 Å². The zero-order chi connectivity index (χ0) is 18.4. The number of ether oxygens (including phenoxy) is 1. The predicted molar refractivity (Wildman–Crippen MR) is 95.4 cm³/mol. The van der Waals surface area contributed by atoms with Gasteiger partial charge in [-0.2, -0.15) is 0 Å². The van der Waals surface area contributed by atoms with Crippen LogP contribution in [0.3, 0.4) is 0 Å². The second-order valence-corrected chi connectivity index (χ2v) is 8.23. The van der Waals surface area contributed by atoms with Gasteiger partial charge in [-0.1, -0.05) is 18.2 Å². The molecule has 0 bridgehead atoms. The number of benzene rings is 1. The Kier molecular flexibility index (Phi) is 5.82.